The van der Waals surface area contributed by atoms with Gasteiger partial charge in [0, 0.05) is 38.5 Å². The number of benzene rings is 1. The highest BCUT2D eigenvalue weighted by Gasteiger charge is 2.28. The van der Waals surface area contributed by atoms with E-state index in [2.05, 4.69) is 23.5 Å². The van der Waals surface area contributed by atoms with Gasteiger partial charge in [-0.25, -0.2) is 0 Å². The lowest BCUT2D eigenvalue weighted by Gasteiger charge is -2.18. The van der Waals surface area contributed by atoms with Gasteiger partial charge in [0.1, 0.15) is 5.75 Å². The predicted octanol–water partition coefficient (Wildman–Crippen LogP) is 2.08. The minimum atomic E-state index is 0.341. The summed E-state index contributed by atoms with van der Waals surface area (Å²) in [7, 11) is 0. The molecule has 0 aromatic heterocycles. The predicted molar refractivity (Wildman–Crippen MR) is 85.2 cm³/mol. The molecular formula is C18H24N2O2. The molecule has 22 heavy (non-hydrogen) atoms. The SMILES string of the molecule is O=C1CCCN1CCC1CC(c2ccc3c(c2)CCO3)CN1. The summed E-state index contributed by atoms with van der Waals surface area (Å²) >= 11 is 0. The van der Waals surface area contributed by atoms with E-state index in [0.717, 1.165) is 57.7 Å². The molecule has 0 radical (unpaired) electrons. The maximum atomic E-state index is 11.7. The number of fused-ring (bicyclic) bond motifs is 1. The van der Waals surface area contributed by atoms with Crippen molar-refractivity contribution in [2.24, 2.45) is 0 Å². The van der Waals surface area contributed by atoms with Crippen molar-refractivity contribution in [1.82, 2.24) is 10.2 Å². The zero-order valence-electron chi connectivity index (χ0n) is 13.0. The van der Waals surface area contributed by atoms with Crippen LogP contribution in [0.2, 0.25) is 0 Å². The first-order chi connectivity index (χ1) is 10.8. The molecule has 4 rings (SSSR count). The highest BCUT2D eigenvalue weighted by molar-refractivity contribution is 5.78. The number of hydrogen-bond donors (Lipinski definition) is 1. The van der Waals surface area contributed by atoms with E-state index < -0.39 is 0 Å². The third kappa shape index (κ3) is 2.72. The average Bonchev–Trinajstić information content (AvgIpc) is 3.25. The van der Waals surface area contributed by atoms with Crippen LogP contribution in [0.15, 0.2) is 18.2 Å². The monoisotopic (exact) mass is 300 g/mol. The number of likely N-dealkylation sites (tertiary alicyclic amines) is 1. The van der Waals surface area contributed by atoms with Crippen LogP contribution in [0.1, 0.15) is 42.7 Å². The van der Waals surface area contributed by atoms with Crippen molar-refractivity contribution in [3.05, 3.63) is 29.3 Å². The van der Waals surface area contributed by atoms with Crippen molar-refractivity contribution in [2.75, 3.05) is 26.2 Å². The Labute approximate surface area is 131 Å². The number of carbonyl (C=O) groups excluding carboxylic acids is 1. The Hall–Kier alpha value is -1.55. The smallest absolute Gasteiger partial charge is 0.222 e. The van der Waals surface area contributed by atoms with E-state index in [4.69, 9.17) is 4.74 Å². The van der Waals surface area contributed by atoms with Gasteiger partial charge in [-0.2, -0.15) is 0 Å². The number of rotatable bonds is 4. The molecule has 0 spiro atoms. The van der Waals surface area contributed by atoms with Gasteiger partial charge < -0.3 is 15.0 Å². The van der Waals surface area contributed by atoms with Crippen molar-refractivity contribution in [3.63, 3.8) is 0 Å². The van der Waals surface area contributed by atoms with Crippen LogP contribution in [0.25, 0.3) is 0 Å². The quantitative estimate of drug-likeness (QED) is 0.925. The van der Waals surface area contributed by atoms with Gasteiger partial charge in [0.15, 0.2) is 0 Å². The maximum Gasteiger partial charge on any atom is 0.222 e. The summed E-state index contributed by atoms with van der Waals surface area (Å²) in [5.74, 6) is 2.01. The van der Waals surface area contributed by atoms with Gasteiger partial charge in [-0.3, -0.25) is 4.79 Å². The highest BCUT2D eigenvalue weighted by Crippen LogP contribution is 2.32. The molecule has 3 aliphatic rings. The first kappa shape index (κ1) is 14.1. The Morgan fingerprint density at radius 1 is 1.32 bits per heavy atom. The van der Waals surface area contributed by atoms with Crippen LogP contribution in [0.3, 0.4) is 0 Å². The second-order valence-electron chi connectivity index (χ2n) is 6.78. The van der Waals surface area contributed by atoms with E-state index in [1.54, 1.807) is 0 Å². The second-order valence-corrected chi connectivity index (χ2v) is 6.78. The fraction of sp³-hybridized carbons (Fsp3) is 0.611. The number of carbonyl (C=O) groups is 1. The van der Waals surface area contributed by atoms with Crippen LogP contribution >= 0.6 is 0 Å². The fourth-order valence-corrected chi connectivity index (χ4v) is 4.01. The Balaban J connectivity index is 1.33. The van der Waals surface area contributed by atoms with Crippen LogP contribution < -0.4 is 10.1 Å². The number of ether oxygens (including phenoxy) is 1. The van der Waals surface area contributed by atoms with Crippen LogP contribution in [0, 0.1) is 0 Å². The number of hydrogen-bond acceptors (Lipinski definition) is 3. The van der Waals surface area contributed by atoms with Gasteiger partial charge in [0.25, 0.3) is 0 Å². The van der Waals surface area contributed by atoms with E-state index in [0.29, 0.717) is 17.9 Å². The summed E-state index contributed by atoms with van der Waals surface area (Å²) < 4.78 is 5.59. The molecule has 0 bridgehead atoms. The van der Waals surface area contributed by atoms with Crippen molar-refractivity contribution in [2.45, 2.75) is 44.1 Å². The second kappa shape index (κ2) is 5.92. The largest absolute Gasteiger partial charge is 0.493 e. The summed E-state index contributed by atoms with van der Waals surface area (Å²) in [4.78, 5) is 13.7. The van der Waals surface area contributed by atoms with Crippen molar-refractivity contribution in [1.29, 1.82) is 0 Å². The normalized spacial score (nSPS) is 27.3. The Kier molecular flexibility index (Phi) is 3.78. The molecule has 1 aromatic carbocycles. The lowest BCUT2D eigenvalue weighted by atomic mass is 9.93. The van der Waals surface area contributed by atoms with E-state index in [9.17, 15) is 4.79 Å². The molecule has 3 aliphatic heterocycles. The van der Waals surface area contributed by atoms with Gasteiger partial charge in [0.2, 0.25) is 5.91 Å². The fourth-order valence-electron chi connectivity index (χ4n) is 4.01. The van der Waals surface area contributed by atoms with Crippen LogP contribution in [0.4, 0.5) is 0 Å². The van der Waals surface area contributed by atoms with Crippen LogP contribution in [-0.4, -0.2) is 43.1 Å². The molecule has 1 aromatic rings. The maximum absolute atomic E-state index is 11.7. The molecule has 2 fully saturated rings. The van der Waals surface area contributed by atoms with Crippen LogP contribution in [-0.2, 0) is 11.2 Å². The molecule has 4 heteroatoms. The first-order valence-electron chi connectivity index (χ1n) is 8.56. The number of nitrogens with zero attached hydrogens (tertiary/aromatic N) is 1. The van der Waals surface area contributed by atoms with E-state index >= 15 is 0 Å². The summed E-state index contributed by atoms with van der Waals surface area (Å²) in [5.41, 5.74) is 2.81. The summed E-state index contributed by atoms with van der Waals surface area (Å²) in [6.45, 7) is 3.76. The van der Waals surface area contributed by atoms with Gasteiger partial charge in [-0.15, -0.1) is 0 Å². The average molecular weight is 300 g/mol. The summed E-state index contributed by atoms with van der Waals surface area (Å²) in [6, 6.07) is 7.24. The van der Waals surface area contributed by atoms with Gasteiger partial charge >= 0.3 is 0 Å². The topological polar surface area (TPSA) is 41.6 Å². The van der Waals surface area contributed by atoms with Crippen molar-refractivity contribution < 1.29 is 9.53 Å². The lowest BCUT2D eigenvalue weighted by molar-refractivity contribution is -0.127. The molecule has 1 N–H and O–H groups in total. The molecule has 2 saturated heterocycles. The van der Waals surface area contributed by atoms with Gasteiger partial charge in [-0.1, -0.05) is 12.1 Å². The molecule has 3 heterocycles. The van der Waals surface area contributed by atoms with Crippen molar-refractivity contribution in [3.8, 4) is 5.75 Å². The third-order valence-electron chi connectivity index (χ3n) is 5.33. The van der Waals surface area contributed by atoms with Gasteiger partial charge in [-0.05, 0) is 42.4 Å². The Morgan fingerprint density at radius 3 is 3.14 bits per heavy atom. The minimum absolute atomic E-state index is 0.341. The third-order valence-corrected chi connectivity index (χ3v) is 5.33. The molecule has 1 amide bonds. The molecule has 2 atom stereocenters. The zero-order chi connectivity index (χ0) is 14.9. The van der Waals surface area contributed by atoms with E-state index in [1.165, 1.54) is 17.5 Å². The molecule has 2 unspecified atom stereocenters. The molecule has 118 valence electrons. The molecular weight excluding hydrogens is 276 g/mol. The first-order valence-corrected chi connectivity index (χ1v) is 8.56. The molecule has 0 saturated carbocycles. The summed E-state index contributed by atoms with van der Waals surface area (Å²) in [5, 5.41) is 3.64. The Bertz CT molecular complexity index is 572. The standard InChI is InChI=1S/C18H24N2O2/c21-18-2-1-7-20(18)8-5-16-11-15(12-19-16)13-3-4-17-14(10-13)6-9-22-17/h3-4,10,15-16,19H,1-2,5-9,11-12H2. The number of nitrogens with one attached hydrogen (secondary N) is 1. The number of amides is 1. The Morgan fingerprint density at radius 2 is 2.27 bits per heavy atom. The van der Waals surface area contributed by atoms with Crippen molar-refractivity contribution >= 4 is 5.91 Å². The van der Waals surface area contributed by atoms with E-state index in [1.807, 2.05) is 4.90 Å². The lowest BCUT2D eigenvalue weighted by Crippen LogP contribution is -2.31. The van der Waals surface area contributed by atoms with Gasteiger partial charge in [0.05, 0.1) is 6.61 Å². The zero-order valence-corrected chi connectivity index (χ0v) is 13.0. The highest BCUT2D eigenvalue weighted by atomic mass is 16.5. The molecule has 4 nitrogen and oxygen atoms in total. The minimum Gasteiger partial charge on any atom is -0.493 e. The summed E-state index contributed by atoms with van der Waals surface area (Å²) in [6.07, 6.45) is 5.09. The molecule has 0 aliphatic carbocycles. The van der Waals surface area contributed by atoms with E-state index in [-0.39, 0.29) is 0 Å². The van der Waals surface area contributed by atoms with Crippen LogP contribution in [0.5, 0.6) is 5.75 Å².